The number of furan rings is 1. The van der Waals surface area contributed by atoms with Crippen LogP contribution in [-0.4, -0.2) is 31.1 Å². The second-order valence-corrected chi connectivity index (χ2v) is 4.71. The second kappa shape index (κ2) is 5.68. The van der Waals surface area contributed by atoms with Crippen molar-refractivity contribution in [1.82, 2.24) is 10.2 Å². The molecule has 0 spiro atoms. The first-order chi connectivity index (χ1) is 7.34. The van der Waals surface area contributed by atoms with Crippen molar-refractivity contribution in [2.45, 2.75) is 19.4 Å². The van der Waals surface area contributed by atoms with Crippen molar-refractivity contribution >= 4 is 15.9 Å². The molecule has 1 N–H and O–H groups in total. The van der Waals surface area contributed by atoms with Crippen LogP contribution in [-0.2, 0) is 6.54 Å². The van der Waals surface area contributed by atoms with Gasteiger partial charge in [0.25, 0.3) is 0 Å². The van der Waals surface area contributed by atoms with E-state index in [4.69, 9.17) is 4.42 Å². The van der Waals surface area contributed by atoms with Gasteiger partial charge in [-0.3, -0.25) is 0 Å². The van der Waals surface area contributed by atoms with E-state index >= 15 is 0 Å². The first-order valence-electron chi connectivity index (χ1n) is 5.52. The summed E-state index contributed by atoms with van der Waals surface area (Å²) in [6.45, 7) is 5.56. The maximum atomic E-state index is 5.40. The summed E-state index contributed by atoms with van der Waals surface area (Å²) in [6.07, 6.45) is 2.73. The molecule has 1 aromatic heterocycles. The Morgan fingerprint density at radius 2 is 2.13 bits per heavy atom. The lowest BCUT2D eigenvalue weighted by molar-refractivity contribution is 0.332. The molecule has 1 aliphatic heterocycles. The summed E-state index contributed by atoms with van der Waals surface area (Å²) in [7, 11) is 0. The van der Waals surface area contributed by atoms with E-state index in [1.165, 1.54) is 25.9 Å². The van der Waals surface area contributed by atoms with Crippen LogP contribution < -0.4 is 5.32 Å². The minimum absolute atomic E-state index is 0.804. The third kappa shape index (κ3) is 3.63. The standard InChI is InChI=1S/C11H17BrN2O/c12-11-4-3-10(15-11)9-13-5-8-14-6-1-2-7-14/h3-4,13H,1-2,5-9H2. The normalized spacial score (nSPS) is 17.4. The third-order valence-electron chi connectivity index (χ3n) is 2.73. The molecular formula is C11H17BrN2O. The Morgan fingerprint density at radius 3 is 2.80 bits per heavy atom. The van der Waals surface area contributed by atoms with E-state index in [0.717, 1.165) is 30.1 Å². The summed E-state index contributed by atoms with van der Waals surface area (Å²) in [6, 6.07) is 3.92. The van der Waals surface area contributed by atoms with Gasteiger partial charge in [0.1, 0.15) is 5.76 Å². The number of nitrogens with one attached hydrogen (secondary N) is 1. The van der Waals surface area contributed by atoms with Crippen molar-refractivity contribution in [2.75, 3.05) is 26.2 Å². The molecule has 0 aliphatic carbocycles. The van der Waals surface area contributed by atoms with E-state index in [-0.39, 0.29) is 0 Å². The molecule has 2 rings (SSSR count). The lowest BCUT2D eigenvalue weighted by atomic mass is 10.4. The number of halogens is 1. The lowest BCUT2D eigenvalue weighted by Crippen LogP contribution is -2.29. The Hall–Kier alpha value is -0.320. The SMILES string of the molecule is Brc1ccc(CNCCN2CCCC2)o1. The first kappa shape index (κ1) is 11.2. The average Bonchev–Trinajstić information content (AvgIpc) is 2.84. The van der Waals surface area contributed by atoms with Crippen LogP contribution in [0, 0.1) is 0 Å². The van der Waals surface area contributed by atoms with Crippen molar-refractivity contribution < 1.29 is 4.42 Å². The van der Waals surface area contributed by atoms with Crippen LogP contribution in [0.2, 0.25) is 0 Å². The summed E-state index contributed by atoms with van der Waals surface area (Å²) in [5, 5.41) is 3.39. The molecule has 1 aliphatic rings. The van der Waals surface area contributed by atoms with Gasteiger partial charge >= 0.3 is 0 Å². The van der Waals surface area contributed by atoms with Gasteiger partial charge in [0.15, 0.2) is 4.67 Å². The van der Waals surface area contributed by atoms with Crippen LogP contribution in [0.5, 0.6) is 0 Å². The fourth-order valence-corrected chi connectivity index (χ4v) is 2.24. The molecule has 0 amide bonds. The van der Waals surface area contributed by atoms with Gasteiger partial charge in [-0.15, -0.1) is 0 Å². The number of nitrogens with zero attached hydrogens (tertiary/aromatic N) is 1. The number of hydrogen-bond acceptors (Lipinski definition) is 3. The monoisotopic (exact) mass is 272 g/mol. The van der Waals surface area contributed by atoms with Crippen LogP contribution in [0.4, 0.5) is 0 Å². The zero-order chi connectivity index (χ0) is 10.5. The Morgan fingerprint density at radius 1 is 1.33 bits per heavy atom. The van der Waals surface area contributed by atoms with Crippen molar-refractivity contribution in [1.29, 1.82) is 0 Å². The molecule has 1 saturated heterocycles. The highest BCUT2D eigenvalue weighted by atomic mass is 79.9. The molecule has 0 aromatic carbocycles. The maximum absolute atomic E-state index is 5.40. The largest absolute Gasteiger partial charge is 0.453 e. The molecule has 2 heterocycles. The molecule has 0 bridgehead atoms. The zero-order valence-corrected chi connectivity index (χ0v) is 10.4. The van der Waals surface area contributed by atoms with Crippen LogP contribution in [0.3, 0.4) is 0 Å². The molecule has 0 saturated carbocycles. The van der Waals surface area contributed by atoms with Crippen LogP contribution in [0.25, 0.3) is 0 Å². The van der Waals surface area contributed by atoms with Crippen molar-refractivity contribution in [2.24, 2.45) is 0 Å². The molecule has 1 fully saturated rings. The fraction of sp³-hybridized carbons (Fsp3) is 0.636. The molecule has 0 radical (unpaired) electrons. The molecule has 0 unspecified atom stereocenters. The van der Waals surface area contributed by atoms with E-state index in [2.05, 4.69) is 26.1 Å². The van der Waals surface area contributed by atoms with Crippen molar-refractivity contribution in [3.05, 3.63) is 22.6 Å². The number of rotatable bonds is 5. The van der Waals surface area contributed by atoms with Gasteiger partial charge in [0, 0.05) is 13.1 Å². The Bertz CT molecular complexity index is 295. The van der Waals surface area contributed by atoms with E-state index in [0.29, 0.717) is 0 Å². The topological polar surface area (TPSA) is 28.4 Å². The molecule has 4 heteroatoms. The molecule has 3 nitrogen and oxygen atoms in total. The minimum Gasteiger partial charge on any atom is -0.453 e. The highest BCUT2D eigenvalue weighted by molar-refractivity contribution is 9.10. The summed E-state index contributed by atoms with van der Waals surface area (Å²) < 4.78 is 6.20. The van der Waals surface area contributed by atoms with Crippen molar-refractivity contribution in [3.63, 3.8) is 0 Å². The predicted octanol–water partition coefficient (Wildman–Crippen LogP) is 2.23. The smallest absolute Gasteiger partial charge is 0.169 e. The van der Waals surface area contributed by atoms with E-state index in [1.807, 2.05) is 12.1 Å². The minimum atomic E-state index is 0.804. The Labute approximate surface area is 99.0 Å². The highest BCUT2D eigenvalue weighted by Crippen LogP contribution is 2.13. The van der Waals surface area contributed by atoms with E-state index in [9.17, 15) is 0 Å². The number of hydrogen-bond donors (Lipinski definition) is 1. The highest BCUT2D eigenvalue weighted by Gasteiger charge is 2.10. The van der Waals surface area contributed by atoms with E-state index in [1.54, 1.807) is 0 Å². The average molecular weight is 273 g/mol. The van der Waals surface area contributed by atoms with Crippen LogP contribution >= 0.6 is 15.9 Å². The molecule has 0 atom stereocenters. The third-order valence-corrected chi connectivity index (χ3v) is 3.16. The maximum Gasteiger partial charge on any atom is 0.169 e. The fourth-order valence-electron chi connectivity index (χ4n) is 1.90. The van der Waals surface area contributed by atoms with Crippen molar-refractivity contribution in [3.8, 4) is 0 Å². The van der Waals surface area contributed by atoms with Gasteiger partial charge in [-0.2, -0.15) is 0 Å². The van der Waals surface area contributed by atoms with Crippen LogP contribution in [0.1, 0.15) is 18.6 Å². The quantitative estimate of drug-likeness (QED) is 0.834. The van der Waals surface area contributed by atoms with Gasteiger partial charge in [-0.25, -0.2) is 0 Å². The molecule has 15 heavy (non-hydrogen) atoms. The lowest BCUT2D eigenvalue weighted by Gasteiger charge is -2.14. The number of likely N-dealkylation sites (tertiary alicyclic amines) is 1. The van der Waals surface area contributed by atoms with Gasteiger partial charge in [0.2, 0.25) is 0 Å². The van der Waals surface area contributed by atoms with E-state index < -0.39 is 0 Å². The summed E-state index contributed by atoms with van der Waals surface area (Å²) in [4.78, 5) is 2.51. The zero-order valence-electron chi connectivity index (χ0n) is 8.84. The summed E-state index contributed by atoms with van der Waals surface area (Å²) in [5.41, 5.74) is 0. The van der Waals surface area contributed by atoms with Gasteiger partial charge < -0.3 is 14.6 Å². The van der Waals surface area contributed by atoms with Gasteiger partial charge in [0.05, 0.1) is 6.54 Å². The molecular weight excluding hydrogens is 256 g/mol. The predicted molar refractivity (Wildman–Crippen MR) is 63.8 cm³/mol. The summed E-state index contributed by atoms with van der Waals surface area (Å²) >= 11 is 3.29. The Kier molecular flexibility index (Phi) is 4.23. The van der Waals surface area contributed by atoms with Gasteiger partial charge in [-0.05, 0) is 54.0 Å². The summed E-state index contributed by atoms with van der Waals surface area (Å²) in [5.74, 6) is 0.989. The van der Waals surface area contributed by atoms with Gasteiger partial charge in [-0.1, -0.05) is 0 Å². The molecule has 1 aromatic rings. The molecule has 84 valence electrons. The Balaban J connectivity index is 1.58. The second-order valence-electron chi connectivity index (χ2n) is 3.93. The van der Waals surface area contributed by atoms with Crippen LogP contribution in [0.15, 0.2) is 21.2 Å². The first-order valence-corrected chi connectivity index (χ1v) is 6.31.